The topological polar surface area (TPSA) is 150 Å². The SMILES string of the molecule is CC(=O)N1N=C(c2cccnc2)O[C@@H]1c1ccc(Oc2ccc([N+](=O)[O-])cc2[N+](=O)[O-])cc1. The van der Waals surface area contributed by atoms with Gasteiger partial charge in [0.05, 0.1) is 21.5 Å². The van der Waals surface area contributed by atoms with Crippen LogP contribution in [0, 0.1) is 20.2 Å². The molecule has 166 valence electrons. The van der Waals surface area contributed by atoms with E-state index < -0.39 is 27.4 Å². The van der Waals surface area contributed by atoms with E-state index in [0.29, 0.717) is 11.1 Å². The second kappa shape index (κ2) is 8.70. The zero-order valence-electron chi connectivity index (χ0n) is 17.0. The van der Waals surface area contributed by atoms with E-state index in [9.17, 15) is 25.0 Å². The molecular weight excluding hydrogens is 434 g/mol. The first-order chi connectivity index (χ1) is 15.8. The molecule has 1 atom stereocenters. The van der Waals surface area contributed by atoms with Crippen molar-refractivity contribution < 1.29 is 24.1 Å². The van der Waals surface area contributed by atoms with Gasteiger partial charge in [-0.15, -0.1) is 5.10 Å². The van der Waals surface area contributed by atoms with Crippen LogP contribution in [0.3, 0.4) is 0 Å². The average Bonchev–Trinajstić information content (AvgIpc) is 3.26. The molecule has 3 aromatic rings. The maximum absolute atomic E-state index is 12.1. The molecule has 2 aromatic carbocycles. The summed E-state index contributed by atoms with van der Waals surface area (Å²) in [6.45, 7) is 1.36. The van der Waals surface area contributed by atoms with Gasteiger partial charge in [-0.3, -0.25) is 30.0 Å². The number of hydrazone groups is 1. The molecule has 0 unspecified atom stereocenters. The Kier molecular flexibility index (Phi) is 5.64. The molecule has 0 N–H and O–H groups in total. The number of carbonyl (C=O) groups excluding carboxylic acids is 1. The number of nitro benzene ring substituents is 2. The predicted molar refractivity (Wildman–Crippen MR) is 113 cm³/mol. The van der Waals surface area contributed by atoms with Crippen molar-refractivity contribution in [1.29, 1.82) is 0 Å². The van der Waals surface area contributed by atoms with Crippen LogP contribution in [0.4, 0.5) is 11.4 Å². The Morgan fingerprint density at radius 3 is 2.45 bits per heavy atom. The first kappa shape index (κ1) is 21.4. The van der Waals surface area contributed by atoms with Crippen LogP contribution in [0.25, 0.3) is 0 Å². The number of hydrogen-bond acceptors (Lipinski definition) is 9. The lowest BCUT2D eigenvalue weighted by molar-refractivity contribution is -0.394. The zero-order valence-corrected chi connectivity index (χ0v) is 17.0. The van der Waals surface area contributed by atoms with E-state index in [1.54, 1.807) is 36.7 Å². The third kappa shape index (κ3) is 4.44. The molecule has 1 amide bonds. The Labute approximate surface area is 186 Å². The van der Waals surface area contributed by atoms with Crippen LogP contribution in [0.1, 0.15) is 24.3 Å². The van der Waals surface area contributed by atoms with Gasteiger partial charge in [-0.1, -0.05) is 0 Å². The van der Waals surface area contributed by atoms with Gasteiger partial charge in [0.15, 0.2) is 0 Å². The molecule has 0 saturated carbocycles. The maximum atomic E-state index is 12.1. The average molecular weight is 449 g/mol. The number of aromatic nitrogens is 1. The van der Waals surface area contributed by atoms with Gasteiger partial charge >= 0.3 is 5.69 Å². The summed E-state index contributed by atoms with van der Waals surface area (Å²) in [6.07, 6.45) is 2.35. The largest absolute Gasteiger partial charge is 0.450 e. The highest BCUT2D eigenvalue weighted by Crippen LogP contribution is 2.36. The Bertz CT molecular complexity index is 1260. The lowest BCUT2D eigenvalue weighted by Gasteiger charge is -2.19. The van der Waals surface area contributed by atoms with Gasteiger partial charge in [-0.2, -0.15) is 5.01 Å². The Balaban J connectivity index is 1.56. The van der Waals surface area contributed by atoms with Crippen LogP contribution in [0.2, 0.25) is 0 Å². The summed E-state index contributed by atoms with van der Waals surface area (Å²) >= 11 is 0. The van der Waals surface area contributed by atoms with Crippen LogP contribution in [-0.4, -0.2) is 31.6 Å². The Morgan fingerprint density at radius 1 is 1.09 bits per heavy atom. The van der Waals surface area contributed by atoms with Crippen molar-refractivity contribution in [2.45, 2.75) is 13.2 Å². The second-order valence-corrected chi connectivity index (χ2v) is 6.82. The van der Waals surface area contributed by atoms with Crippen LogP contribution in [0.5, 0.6) is 11.5 Å². The molecule has 33 heavy (non-hydrogen) atoms. The number of nitrogens with zero attached hydrogens (tertiary/aromatic N) is 5. The predicted octanol–water partition coefficient (Wildman–Crippen LogP) is 3.93. The molecule has 0 spiro atoms. The zero-order chi connectivity index (χ0) is 23.5. The van der Waals surface area contributed by atoms with Crippen LogP contribution < -0.4 is 4.74 Å². The van der Waals surface area contributed by atoms with E-state index in [-0.39, 0.29) is 23.3 Å². The molecule has 1 aliphatic heterocycles. The first-order valence-electron chi connectivity index (χ1n) is 9.49. The molecule has 2 heterocycles. The minimum atomic E-state index is -0.819. The van der Waals surface area contributed by atoms with Gasteiger partial charge in [-0.05, 0) is 42.5 Å². The third-order valence-corrected chi connectivity index (χ3v) is 4.62. The quantitative estimate of drug-likeness (QED) is 0.406. The lowest BCUT2D eigenvalue weighted by atomic mass is 10.2. The summed E-state index contributed by atoms with van der Waals surface area (Å²) in [7, 11) is 0. The molecule has 12 nitrogen and oxygen atoms in total. The van der Waals surface area contributed by atoms with E-state index in [0.717, 1.165) is 18.2 Å². The van der Waals surface area contributed by atoms with E-state index in [1.807, 2.05) is 0 Å². The minimum Gasteiger partial charge on any atom is -0.450 e. The summed E-state index contributed by atoms with van der Waals surface area (Å²) < 4.78 is 11.4. The van der Waals surface area contributed by atoms with Crippen LogP contribution >= 0.6 is 0 Å². The molecule has 0 bridgehead atoms. The third-order valence-electron chi connectivity index (χ3n) is 4.62. The van der Waals surface area contributed by atoms with Crippen molar-refractivity contribution in [2.75, 3.05) is 0 Å². The number of ether oxygens (including phenoxy) is 2. The summed E-state index contributed by atoms with van der Waals surface area (Å²) in [5.74, 6) is 0.00496. The number of benzene rings is 2. The van der Waals surface area contributed by atoms with E-state index >= 15 is 0 Å². The summed E-state index contributed by atoms with van der Waals surface area (Å²) in [4.78, 5) is 36.8. The van der Waals surface area contributed by atoms with Crippen LogP contribution in [0.15, 0.2) is 72.1 Å². The van der Waals surface area contributed by atoms with Crippen molar-refractivity contribution >= 4 is 23.2 Å². The fourth-order valence-corrected chi connectivity index (χ4v) is 3.07. The summed E-state index contributed by atoms with van der Waals surface area (Å²) in [5.41, 5.74) is 0.233. The highest BCUT2D eigenvalue weighted by Gasteiger charge is 2.33. The number of hydrogen-bond donors (Lipinski definition) is 0. The molecular formula is C21H15N5O7. The van der Waals surface area contributed by atoms with Crippen molar-refractivity contribution in [1.82, 2.24) is 9.99 Å². The number of pyridine rings is 1. The van der Waals surface area contributed by atoms with Gasteiger partial charge in [0.25, 0.3) is 5.69 Å². The molecule has 0 radical (unpaired) electrons. The second-order valence-electron chi connectivity index (χ2n) is 6.82. The Hall–Kier alpha value is -4.87. The summed E-state index contributed by atoms with van der Waals surface area (Å²) in [5, 5.41) is 27.6. The smallest absolute Gasteiger partial charge is 0.318 e. The van der Waals surface area contributed by atoms with Gasteiger partial charge in [0.1, 0.15) is 5.75 Å². The van der Waals surface area contributed by atoms with Gasteiger partial charge in [0, 0.05) is 30.9 Å². The van der Waals surface area contributed by atoms with Crippen molar-refractivity contribution in [2.24, 2.45) is 5.10 Å². The van der Waals surface area contributed by atoms with Crippen LogP contribution in [-0.2, 0) is 9.53 Å². The lowest BCUT2D eigenvalue weighted by Crippen LogP contribution is -2.25. The first-order valence-corrected chi connectivity index (χ1v) is 9.49. The summed E-state index contributed by atoms with van der Waals surface area (Å²) in [6, 6.07) is 12.9. The number of non-ortho nitro benzene ring substituents is 1. The Morgan fingerprint density at radius 2 is 1.85 bits per heavy atom. The molecule has 0 saturated heterocycles. The molecule has 1 aliphatic rings. The fourth-order valence-electron chi connectivity index (χ4n) is 3.07. The number of carbonyl (C=O) groups is 1. The fraction of sp³-hybridized carbons (Fsp3) is 0.0952. The van der Waals surface area contributed by atoms with Gasteiger partial charge < -0.3 is 9.47 Å². The molecule has 1 aromatic heterocycles. The van der Waals surface area contributed by atoms with Crippen molar-refractivity contribution in [3.8, 4) is 11.5 Å². The van der Waals surface area contributed by atoms with E-state index in [1.165, 1.54) is 24.1 Å². The monoisotopic (exact) mass is 449 g/mol. The minimum absolute atomic E-state index is 0.150. The van der Waals surface area contributed by atoms with E-state index in [4.69, 9.17) is 9.47 Å². The van der Waals surface area contributed by atoms with Crippen molar-refractivity contribution in [3.05, 3.63) is 98.3 Å². The van der Waals surface area contributed by atoms with Crippen molar-refractivity contribution in [3.63, 3.8) is 0 Å². The molecule has 0 aliphatic carbocycles. The van der Waals surface area contributed by atoms with E-state index in [2.05, 4.69) is 10.1 Å². The molecule has 12 heteroatoms. The highest BCUT2D eigenvalue weighted by atomic mass is 16.6. The van der Waals surface area contributed by atoms with Gasteiger partial charge in [0.2, 0.25) is 23.8 Å². The molecule has 4 rings (SSSR count). The number of amides is 1. The number of rotatable bonds is 6. The number of nitro groups is 2. The van der Waals surface area contributed by atoms with Gasteiger partial charge in [-0.25, -0.2) is 0 Å². The normalized spacial score (nSPS) is 14.9. The standard InChI is InChI=1S/C21H15N5O7/c1-13(27)24-21(33-20(23-24)15-3-2-10-22-12-15)14-4-7-17(8-5-14)32-19-9-6-16(25(28)29)11-18(19)26(30)31/h2-12,21H,1H3/t21-/m1/s1. The maximum Gasteiger partial charge on any atom is 0.318 e. The molecule has 0 fully saturated rings. The highest BCUT2D eigenvalue weighted by molar-refractivity contribution is 5.96.